The van der Waals surface area contributed by atoms with Crippen LogP contribution >= 0.6 is 23.7 Å². The van der Waals surface area contributed by atoms with E-state index < -0.39 is 10.8 Å². The fourth-order valence-corrected chi connectivity index (χ4v) is 12.1. The van der Waals surface area contributed by atoms with Crippen molar-refractivity contribution in [1.29, 1.82) is 0 Å². The third-order valence-corrected chi connectivity index (χ3v) is 15.7. The number of hydrogen-bond donors (Lipinski definition) is 2. The summed E-state index contributed by atoms with van der Waals surface area (Å²) in [5, 5.41) is 0.480. The van der Waals surface area contributed by atoms with E-state index in [1.807, 2.05) is 75.4 Å². The van der Waals surface area contributed by atoms with Gasteiger partial charge in [0, 0.05) is 58.2 Å². The summed E-state index contributed by atoms with van der Waals surface area (Å²) in [7, 11) is 8.82. The summed E-state index contributed by atoms with van der Waals surface area (Å²) in [6, 6.07) is 19.5. The lowest BCUT2D eigenvalue weighted by Crippen LogP contribution is -2.42. The van der Waals surface area contributed by atoms with Crippen molar-refractivity contribution in [1.82, 2.24) is 28.9 Å². The number of rotatable bonds is 12. The molecule has 376 valence electrons. The molecule has 18 heteroatoms. The maximum atomic E-state index is 12.8. The van der Waals surface area contributed by atoms with Gasteiger partial charge in [-0.3, -0.25) is 4.21 Å². The first-order valence-corrected chi connectivity index (χ1v) is 26.8. The zero-order chi connectivity index (χ0) is 51.5. The maximum absolute atomic E-state index is 12.8. The molecular formula is C54H62N8O7S3+2. The van der Waals surface area contributed by atoms with Gasteiger partial charge in [0.1, 0.15) is 51.4 Å². The van der Waals surface area contributed by atoms with E-state index in [1.165, 1.54) is 17.0 Å². The molecule has 0 saturated carbocycles. The molecule has 5 aromatic heterocycles. The van der Waals surface area contributed by atoms with Crippen molar-refractivity contribution in [3.63, 3.8) is 0 Å². The fraction of sp³-hybridized carbons (Fsp3) is 0.315. The van der Waals surface area contributed by atoms with Crippen molar-refractivity contribution in [3.05, 3.63) is 129 Å². The van der Waals surface area contributed by atoms with E-state index in [0.29, 0.717) is 10.9 Å². The largest absolute Gasteiger partial charge is 0.497 e. The molecule has 0 radical (unpaired) electrons. The van der Waals surface area contributed by atoms with Gasteiger partial charge >= 0.3 is 11.9 Å². The van der Waals surface area contributed by atoms with Crippen molar-refractivity contribution in [2.45, 2.75) is 70.9 Å². The molecule has 9 aromatic rings. The highest BCUT2D eigenvalue weighted by molar-refractivity contribution is 7.97. The van der Waals surface area contributed by atoms with Crippen LogP contribution in [-0.4, -0.2) is 82.0 Å². The number of pyridine rings is 2. The second-order valence-electron chi connectivity index (χ2n) is 17.3. The van der Waals surface area contributed by atoms with Crippen LogP contribution in [0.4, 0.5) is 0 Å². The highest BCUT2D eigenvalue weighted by Crippen LogP contribution is 2.35. The minimum absolute atomic E-state index is 0.411. The number of imidazole rings is 3. The Morgan fingerprint density at radius 2 is 1.19 bits per heavy atom. The van der Waals surface area contributed by atoms with Crippen molar-refractivity contribution >= 4 is 67.6 Å². The van der Waals surface area contributed by atoms with E-state index in [9.17, 15) is 4.21 Å². The van der Waals surface area contributed by atoms with Gasteiger partial charge in [-0.05, 0) is 113 Å². The number of aromatic amines is 2. The van der Waals surface area contributed by atoms with E-state index in [2.05, 4.69) is 80.5 Å². The monoisotopic (exact) mass is 1030 g/mol. The molecule has 2 N–H and O–H groups in total. The third-order valence-electron chi connectivity index (χ3n) is 12.9. The number of methoxy groups -OCH3 is 6. The minimum atomic E-state index is -1.26. The fourth-order valence-electron chi connectivity index (χ4n) is 9.15. The van der Waals surface area contributed by atoms with Gasteiger partial charge in [0.05, 0.1) is 88.4 Å². The van der Waals surface area contributed by atoms with Gasteiger partial charge in [0.2, 0.25) is 0 Å². The summed E-state index contributed by atoms with van der Waals surface area (Å²) < 4.78 is 51.7. The number of aryl methyl sites for hydroxylation is 3. The van der Waals surface area contributed by atoms with Crippen molar-refractivity contribution in [2.24, 2.45) is 0 Å². The number of thioether (sulfide) groups is 1. The molecule has 6 heterocycles. The predicted molar refractivity (Wildman–Crippen MR) is 288 cm³/mol. The second-order valence-corrected chi connectivity index (χ2v) is 20.5. The Bertz CT molecular complexity index is 3510. The Balaban J connectivity index is 0.000000145. The highest BCUT2D eigenvalue weighted by atomic mass is 32.2. The van der Waals surface area contributed by atoms with Crippen LogP contribution in [0.15, 0.2) is 78.2 Å². The van der Waals surface area contributed by atoms with Gasteiger partial charge in [-0.1, -0.05) is 16.0 Å². The van der Waals surface area contributed by atoms with Gasteiger partial charge in [0.25, 0.3) is 0 Å². The molecule has 4 aromatic carbocycles. The van der Waals surface area contributed by atoms with Crippen LogP contribution in [0.25, 0.3) is 45.0 Å². The topological polar surface area (TPSA) is 155 Å². The number of nitrogens with zero attached hydrogens (tertiary/aromatic N) is 6. The van der Waals surface area contributed by atoms with Crippen LogP contribution in [0.1, 0.15) is 55.9 Å². The van der Waals surface area contributed by atoms with Gasteiger partial charge in [0.15, 0.2) is 21.7 Å². The molecule has 0 amide bonds. The molecule has 0 spiro atoms. The average Bonchev–Trinajstić information content (AvgIpc) is 4.12. The zero-order valence-corrected chi connectivity index (χ0v) is 45.8. The Labute approximate surface area is 431 Å². The standard InChI is InChI=1S/C19H22N2O3S.C18H22N3O2S.C17H18N3O2S/c1-11-8-14(12(2)13(3)18(11)24-5)10-25(22)19-20-16-7-6-15(23-4)9-17(16)21-19;1-11-9-21(16(10-24-5)12(2)17(11)23-4)18-19-14-7-6-13(22-3)8-15(14)20-18;1-10-8-19-15(11(2)16(10)22-4)9-23-20-14-6-5-12(21-3)7-13(14)18-17(19)20/h6-9H,10H2,1-5H3,(H,20,21);6-9H,10H2,1-5H3,(H,19,20);5-8H,9H2,1-4H3/q;2*+1. The molecule has 1 unspecified atom stereocenters. The molecule has 10 rings (SSSR count). The Kier molecular flexibility index (Phi) is 15.7. The Hall–Kier alpha value is -6.76. The summed E-state index contributed by atoms with van der Waals surface area (Å²) in [6.45, 7) is 14.4. The quantitative estimate of drug-likeness (QED) is 0.112. The van der Waals surface area contributed by atoms with Crippen molar-refractivity contribution < 1.29 is 41.8 Å². The SMILES string of the molecule is COc1ccc2c(c1)nc1n2SCc2c(C)c(OC)c(C)c[n+]2-1.COc1ccc2nc(-[n+]3cc(C)c(OC)c(C)c3CSC)[nH]c2c1.COc1ccc2nc(S(=O)Cc3cc(C)c(OC)c(C)c3C)[nH]c2c1. The summed E-state index contributed by atoms with van der Waals surface area (Å²) in [4.78, 5) is 20.6. The summed E-state index contributed by atoms with van der Waals surface area (Å²) in [5.41, 5.74) is 16.7. The van der Waals surface area contributed by atoms with Gasteiger partial charge in [-0.25, -0.2) is 19.1 Å². The smallest absolute Gasteiger partial charge is 0.415 e. The van der Waals surface area contributed by atoms with Crippen LogP contribution in [0.5, 0.6) is 34.5 Å². The molecular weight excluding hydrogens is 969 g/mol. The first-order chi connectivity index (χ1) is 34.7. The van der Waals surface area contributed by atoms with E-state index in [-0.39, 0.29) is 0 Å². The minimum Gasteiger partial charge on any atom is -0.497 e. The normalized spacial score (nSPS) is 12.1. The molecule has 15 nitrogen and oxygen atoms in total. The van der Waals surface area contributed by atoms with Gasteiger partial charge in [-0.2, -0.15) is 15.7 Å². The number of benzene rings is 4. The summed E-state index contributed by atoms with van der Waals surface area (Å²) >= 11 is 3.53. The second kappa shape index (κ2) is 21.9. The van der Waals surface area contributed by atoms with Crippen molar-refractivity contribution in [3.8, 4) is 46.4 Å². The van der Waals surface area contributed by atoms with Crippen LogP contribution in [-0.2, 0) is 28.1 Å². The van der Waals surface area contributed by atoms with Crippen LogP contribution in [0.3, 0.4) is 0 Å². The summed E-state index contributed by atoms with van der Waals surface area (Å²) in [5.74, 6) is 9.07. The van der Waals surface area contributed by atoms with E-state index in [4.69, 9.17) is 38.4 Å². The number of fused-ring (bicyclic) bond motifs is 7. The number of nitrogens with one attached hydrogen (secondary N) is 2. The van der Waals surface area contributed by atoms with E-state index >= 15 is 0 Å². The number of ether oxygens (including phenoxy) is 6. The molecule has 1 aliphatic heterocycles. The van der Waals surface area contributed by atoms with Crippen molar-refractivity contribution in [2.75, 3.05) is 48.9 Å². The molecule has 0 fully saturated rings. The maximum Gasteiger partial charge on any atom is 0.415 e. The molecule has 0 aliphatic carbocycles. The van der Waals surface area contributed by atoms with Crippen LogP contribution in [0.2, 0.25) is 0 Å². The molecule has 1 atom stereocenters. The lowest BCUT2D eigenvalue weighted by Gasteiger charge is -2.18. The molecule has 0 bridgehead atoms. The molecule has 1 aliphatic rings. The van der Waals surface area contributed by atoms with Crippen LogP contribution < -0.4 is 37.6 Å². The molecule has 72 heavy (non-hydrogen) atoms. The average molecular weight is 1030 g/mol. The van der Waals surface area contributed by atoms with Crippen LogP contribution in [0, 0.1) is 48.5 Å². The summed E-state index contributed by atoms with van der Waals surface area (Å²) in [6.07, 6.45) is 6.28. The third kappa shape index (κ3) is 10.0. The highest BCUT2D eigenvalue weighted by Gasteiger charge is 2.32. The van der Waals surface area contributed by atoms with E-state index in [0.717, 1.165) is 130 Å². The molecule has 0 saturated heterocycles. The number of hydrogen-bond acceptors (Lipinski definition) is 12. The number of H-pyrrole nitrogens is 2. The lowest BCUT2D eigenvalue weighted by molar-refractivity contribution is -0.613. The lowest BCUT2D eigenvalue weighted by atomic mass is 10.00. The number of aromatic nitrogens is 8. The predicted octanol–water partition coefficient (Wildman–Crippen LogP) is 10.1. The first-order valence-electron chi connectivity index (χ1n) is 23.1. The zero-order valence-electron chi connectivity index (χ0n) is 43.3. The Morgan fingerprint density at radius 1 is 0.625 bits per heavy atom. The van der Waals surface area contributed by atoms with E-state index in [1.54, 1.807) is 66.4 Å². The Morgan fingerprint density at radius 3 is 1.82 bits per heavy atom. The van der Waals surface area contributed by atoms with Gasteiger partial charge < -0.3 is 33.4 Å². The van der Waals surface area contributed by atoms with Gasteiger partial charge in [-0.15, -0.1) is 0 Å². The first kappa shape index (κ1) is 51.6.